The van der Waals surface area contributed by atoms with Crippen LogP contribution in [0.2, 0.25) is 0 Å². The van der Waals surface area contributed by atoms with Crippen LogP contribution in [-0.2, 0) is 6.54 Å². The molecule has 20 heavy (non-hydrogen) atoms. The van der Waals surface area contributed by atoms with Crippen molar-refractivity contribution in [3.8, 4) is 0 Å². The number of nitrogens with one attached hydrogen (secondary N) is 1. The highest BCUT2D eigenvalue weighted by atomic mass is 16.3. The summed E-state index contributed by atoms with van der Waals surface area (Å²) in [4.78, 5) is 0. The molecule has 1 aromatic carbocycles. The number of benzene rings is 1. The Labute approximate surface area is 119 Å². The summed E-state index contributed by atoms with van der Waals surface area (Å²) in [6, 6.07) is 15.2. The van der Waals surface area contributed by atoms with Crippen molar-refractivity contribution < 1.29 is 4.42 Å². The molecule has 2 heteroatoms. The summed E-state index contributed by atoms with van der Waals surface area (Å²) in [6.45, 7) is 0.930. The van der Waals surface area contributed by atoms with Crippen LogP contribution in [0.25, 0.3) is 0 Å². The Bertz CT molecular complexity index is 587. The fraction of sp³-hybridized carbons (Fsp3) is 0.333. The van der Waals surface area contributed by atoms with Crippen LogP contribution in [0.4, 0.5) is 0 Å². The molecular weight excluding hydrogens is 246 g/mol. The van der Waals surface area contributed by atoms with E-state index in [2.05, 4.69) is 53.9 Å². The predicted octanol–water partition coefficient (Wildman–Crippen LogP) is 3.73. The number of hydrogen-bond acceptors (Lipinski definition) is 2. The highest BCUT2D eigenvalue weighted by molar-refractivity contribution is 5.26. The second-order valence-corrected chi connectivity index (χ2v) is 5.88. The summed E-state index contributed by atoms with van der Waals surface area (Å²) in [5.41, 5.74) is 1.34. The molecule has 4 rings (SSSR count). The number of rotatable bonds is 4. The van der Waals surface area contributed by atoms with Gasteiger partial charge in [-0.2, -0.15) is 0 Å². The zero-order chi connectivity index (χ0) is 13.4. The van der Waals surface area contributed by atoms with Crippen LogP contribution in [-0.4, -0.2) is 6.04 Å². The molecule has 1 N–H and O–H groups in total. The van der Waals surface area contributed by atoms with Gasteiger partial charge in [-0.15, -0.1) is 0 Å². The molecule has 102 valence electrons. The maximum atomic E-state index is 5.68. The molecule has 2 bridgehead atoms. The highest BCUT2D eigenvalue weighted by Gasteiger charge is 2.46. The molecule has 2 aliphatic rings. The summed E-state index contributed by atoms with van der Waals surface area (Å²) in [5, 5.41) is 3.76. The van der Waals surface area contributed by atoms with E-state index in [1.165, 1.54) is 12.0 Å². The van der Waals surface area contributed by atoms with E-state index in [4.69, 9.17) is 4.42 Å². The van der Waals surface area contributed by atoms with Crippen LogP contribution in [0.3, 0.4) is 0 Å². The van der Waals surface area contributed by atoms with E-state index >= 15 is 0 Å². The molecular formula is C18H19NO. The Morgan fingerprint density at radius 3 is 2.65 bits per heavy atom. The highest BCUT2D eigenvalue weighted by Crippen LogP contribution is 2.49. The predicted molar refractivity (Wildman–Crippen MR) is 79.3 cm³/mol. The molecule has 0 aliphatic heterocycles. The third-order valence-electron chi connectivity index (χ3n) is 4.72. The Morgan fingerprint density at radius 2 is 1.85 bits per heavy atom. The zero-order valence-electron chi connectivity index (χ0n) is 11.4. The lowest BCUT2D eigenvalue weighted by Gasteiger charge is -2.27. The largest absolute Gasteiger partial charge is 0.469 e. The van der Waals surface area contributed by atoms with Gasteiger partial charge in [0, 0.05) is 18.5 Å². The van der Waals surface area contributed by atoms with Crippen molar-refractivity contribution in [1.29, 1.82) is 0 Å². The van der Waals surface area contributed by atoms with Crippen molar-refractivity contribution in [3.05, 3.63) is 72.2 Å². The standard InChI is InChI=1S/C18H19NO/c1-2-5-13(6-3-1)12-19-18-15-9-8-14(11-15)17(18)16-7-4-10-20-16/h1-10,14-15,17-19H,11-12H2. The first-order chi connectivity index (χ1) is 9.92. The van der Waals surface area contributed by atoms with E-state index in [0.29, 0.717) is 23.8 Å². The van der Waals surface area contributed by atoms with E-state index in [9.17, 15) is 0 Å². The molecule has 0 spiro atoms. The van der Waals surface area contributed by atoms with Gasteiger partial charge in [-0.05, 0) is 36.0 Å². The van der Waals surface area contributed by atoms with Crippen molar-refractivity contribution in [2.45, 2.75) is 24.9 Å². The molecule has 1 aromatic heterocycles. The first-order valence-corrected chi connectivity index (χ1v) is 7.41. The van der Waals surface area contributed by atoms with Gasteiger partial charge in [0.05, 0.1) is 6.26 Å². The normalized spacial score (nSPS) is 31.0. The van der Waals surface area contributed by atoms with Crippen molar-refractivity contribution >= 4 is 0 Å². The van der Waals surface area contributed by atoms with E-state index in [-0.39, 0.29) is 0 Å². The van der Waals surface area contributed by atoms with Gasteiger partial charge < -0.3 is 9.73 Å². The first kappa shape index (κ1) is 12.0. The molecule has 1 fully saturated rings. The van der Waals surface area contributed by atoms with Gasteiger partial charge in [0.15, 0.2) is 0 Å². The summed E-state index contributed by atoms with van der Waals surface area (Å²) < 4.78 is 5.68. The summed E-state index contributed by atoms with van der Waals surface area (Å²) in [7, 11) is 0. The lowest BCUT2D eigenvalue weighted by atomic mass is 9.86. The monoisotopic (exact) mass is 265 g/mol. The number of hydrogen-bond donors (Lipinski definition) is 1. The van der Waals surface area contributed by atoms with E-state index in [0.717, 1.165) is 12.3 Å². The molecule has 4 atom stereocenters. The Morgan fingerprint density at radius 1 is 1.00 bits per heavy atom. The first-order valence-electron chi connectivity index (χ1n) is 7.41. The maximum absolute atomic E-state index is 5.68. The minimum absolute atomic E-state index is 0.490. The van der Waals surface area contributed by atoms with Crippen LogP contribution in [0, 0.1) is 11.8 Å². The van der Waals surface area contributed by atoms with Crippen molar-refractivity contribution in [2.24, 2.45) is 11.8 Å². The van der Waals surface area contributed by atoms with Gasteiger partial charge in [-0.25, -0.2) is 0 Å². The zero-order valence-corrected chi connectivity index (χ0v) is 11.4. The molecule has 2 aromatic rings. The van der Waals surface area contributed by atoms with Gasteiger partial charge in [0.1, 0.15) is 5.76 Å². The maximum Gasteiger partial charge on any atom is 0.109 e. The van der Waals surface area contributed by atoms with Gasteiger partial charge in [0.25, 0.3) is 0 Å². The quantitative estimate of drug-likeness (QED) is 0.852. The van der Waals surface area contributed by atoms with Gasteiger partial charge in [0.2, 0.25) is 0 Å². The molecule has 2 nitrogen and oxygen atoms in total. The molecule has 1 saturated carbocycles. The SMILES string of the molecule is C1=CC2CC1C(NCc1ccccc1)C2c1ccco1. The van der Waals surface area contributed by atoms with Crippen LogP contribution < -0.4 is 5.32 Å². The summed E-state index contributed by atoms with van der Waals surface area (Å²) >= 11 is 0. The van der Waals surface area contributed by atoms with Crippen LogP contribution in [0.1, 0.15) is 23.7 Å². The third-order valence-corrected chi connectivity index (χ3v) is 4.72. The van der Waals surface area contributed by atoms with Crippen LogP contribution >= 0.6 is 0 Å². The van der Waals surface area contributed by atoms with Crippen LogP contribution in [0.5, 0.6) is 0 Å². The van der Waals surface area contributed by atoms with E-state index in [1.807, 2.05) is 6.07 Å². The fourth-order valence-electron chi connectivity index (χ4n) is 3.80. The Balaban J connectivity index is 1.52. The van der Waals surface area contributed by atoms with Crippen molar-refractivity contribution in [3.63, 3.8) is 0 Å². The second kappa shape index (κ2) is 4.95. The molecule has 0 saturated heterocycles. The van der Waals surface area contributed by atoms with Gasteiger partial charge in [-0.3, -0.25) is 0 Å². The van der Waals surface area contributed by atoms with E-state index in [1.54, 1.807) is 6.26 Å². The Hall–Kier alpha value is -1.80. The minimum Gasteiger partial charge on any atom is -0.469 e. The Kier molecular flexibility index (Phi) is 2.96. The van der Waals surface area contributed by atoms with E-state index < -0.39 is 0 Å². The molecule has 1 heterocycles. The van der Waals surface area contributed by atoms with Crippen molar-refractivity contribution in [2.75, 3.05) is 0 Å². The van der Waals surface area contributed by atoms with Gasteiger partial charge in [-0.1, -0.05) is 42.5 Å². The fourth-order valence-corrected chi connectivity index (χ4v) is 3.80. The topological polar surface area (TPSA) is 25.2 Å². The lowest BCUT2D eigenvalue weighted by Crippen LogP contribution is -2.37. The van der Waals surface area contributed by atoms with Gasteiger partial charge >= 0.3 is 0 Å². The molecule has 0 radical (unpaired) electrons. The number of allylic oxidation sites excluding steroid dienone is 1. The summed E-state index contributed by atoms with van der Waals surface area (Å²) in [6.07, 6.45) is 7.81. The number of fused-ring (bicyclic) bond motifs is 2. The smallest absolute Gasteiger partial charge is 0.109 e. The summed E-state index contributed by atoms with van der Waals surface area (Å²) in [5.74, 6) is 2.91. The van der Waals surface area contributed by atoms with Crippen molar-refractivity contribution in [1.82, 2.24) is 5.32 Å². The average Bonchev–Trinajstić information content (AvgIpc) is 3.22. The molecule has 2 aliphatic carbocycles. The minimum atomic E-state index is 0.490. The lowest BCUT2D eigenvalue weighted by molar-refractivity contribution is 0.352. The second-order valence-electron chi connectivity index (χ2n) is 5.88. The molecule has 0 amide bonds. The number of furan rings is 1. The average molecular weight is 265 g/mol. The molecule has 4 unspecified atom stereocenters. The third kappa shape index (κ3) is 2.01. The van der Waals surface area contributed by atoms with Crippen LogP contribution in [0.15, 0.2) is 65.3 Å².